The molecule has 3 aromatic carbocycles. The maximum Gasteiger partial charge on any atom is 0.323 e. The number of carbonyl (C=O) groups is 1. The van der Waals surface area contributed by atoms with Crippen LogP contribution in [-0.4, -0.2) is 25.3 Å². The molecule has 3 heterocycles. The molecule has 2 amide bonds. The summed E-state index contributed by atoms with van der Waals surface area (Å²) in [6.07, 6.45) is 1.96. The van der Waals surface area contributed by atoms with Gasteiger partial charge < -0.3 is 14.8 Å². The van der Waals surface area contributed by atoms with Gasteiger partial charge in [-0.05, 0) is 48.9 Å². The number of aromatic nitrogens is 3. The van der Waals surface area contributed by atoms with Crippen LogP contribution in [0.1, 0.15) is 28.6 Å². The minimum atomic E-state index is -0.837. The molecule has 0 saturated carbocycles. The molecule has 5 aromatic rings. The zero-order valence-corrected chi connectivity index (χ0v) is 20.0. The Morgan fingerprint density at radius 2 is 1.68 bits per heavy atom. The van der Waals surface area contributed by atoms with Gasteiger partial charge in [-0.2, -0.15) is 5.10 Å². The van der Waals surface area contributed by atoms with Gasteiger partial charge in [0, 0.05) is 17.8 Å². The van der Waals surface area contributed by atoms with E-state index in [2.05, 4.69) is 9.88 Å². The van der Waals surface area contributed by atoms with Crippen molar-refractivity contribution < 1.29 is 13.6 Å². The summed E-state index contributed by atoms with van der Waals surface area (Å²) in [4.78, 5) is 15.5. The molecule has 2 aromatic heterocycles. The van der Waals surface area contributed by atoms with Crippen molar-refractivity contribution in [1.29, 1.82) is 0 Å². The first-order chi connectivity index (χ1) is 18.0. The second-order valence-electron chi connectivity index (χ2n) is 8.93. The summed E-state index contributed by atoms with van der Waals surface area (Å²) in [6, 6.07) is 25.6. The highest BCUT2D eigenvalue weighted by molar-refractivity contribution is 5.90. The summed E-state index contributed by atoms with van der Waals surface area (Å²) in [5.74, 6) is -0.705. The van der Waals surface area contributed by atoms with E-state index in [4.69, 9.17) is 5.10 Å². The third kappa shape index (κ3) is 3.96. The molecule has 1 N–H and O–H groups in total. The Hall–Kier alpha value is -4.72. The van der Waals surface area contributed by atoms with E-state index in [1.807, 2.05) is 90.6 Å². The number of nitrogens with one attached hydrogen (secondary N) is 1. The first kappa shape index (κ1) is 22.7. The van der Waals surface area contributed by atoms with Crippen LogP contribution in [0.2, 0.25) is 0 Å². The lowest BCUT2D eigenvalue weighted by Gasteiger charge is -2.31. The van der Waals surface area contributed by atoms with Crippen molar-refractivity contribution >= 4 is 11.7 Å². The first-order valence-corrected chi connectivity index (χ1v) is 11.9. The van der Waals surface area contributed by atoms with Crippen molar-refractivity contribution in [2.75, 3.05) is 5.32 Å². The number of carbonyl (C=O) groups excluding carboxylic acids is 1. The van der Waals surface area contributed by atoms with Gasteiger partial charge in [0.05, 0.1) is 35.3 Å². The molecule has 1 aliphatic rings. The largest absolute Gasteiger partial charge is 0.323 e. The number of hydrogen-bond acceptors (Lipinski definition) is 2. The highest BCUT2D eigenvalue weighted by Crippen LogP contribution is 2.38. The number of rotatable bonds is 3. The van der Waals surface area contributed by atoms with E-state index in [9.17, 15) is 13.6 Å². The number of nitrogens with zero attached hydrogens (tertiary/aromatic N) is 4. The normalized spacial score (nSPS) is 14.6. The number of para-hydroxylation sites is 1. The van der Waals surface area contributed by atoms with Gasteiger partial charge in [-0.25, -0.2) is 18.3 Å². The molecule has 0 spiro atoms. The molecule has 0 fully saturated rings. The second-order valence-corrected chi connectivity index (χ2v) is 8.93. The Kier molecular flexibility index (Phi) is 5.56. The molecule has 0 saturated heterocycles. The number of halogens is 2. The summed E-state index contributed by atoms with van der Waals surface area (Å²) in [6.45, 7) is 2.14. The van der Waals surface area contributed by atoms with Gasteiger partial charge in [0.1, 0.15) is 17.5 Å². The fourth-order valence-corrected chi connectivity index (χ4v) is 4.91. The van der Waals surface area contributed by atoms with Crippen LogP contribution < -0.4 is 5.32 Å². The number of benzene rings is 3. The van der Waals surface area contributed by atoms with Crippen molar-refractivity contribution in [3.05, 3.63) is 131 Å². The molecule has 1 atom stereocenters. The number of anilines is 1. The minimum Gasteiger partial charge on any atom is -0.307 e. The van der Waals surface area contributed by atoms with Crippen molar-refractivity contribution in [1.82, 2.24) is 19.2 Å². The smallest absolute Gasteiger partial charge is 0.307 e. The number of hydrogen-bond donors (Lipinski definition) is 1. The molecule has 1 aliphatic heterocycles. The zero-order chi connectivity index (χ0) is 25.5. The van der Waals surface area contributed by atoms with Crippen LogP contribution in [0.25, 0.3) is 11.5 Å². The van der Waals surface area contributed by atoms with E-state index >= 15 is 0 Å². The standard InChI is InChI=1S/C29H23F2N5O/c1-19-23-18-35(29(37)32-25-15-14-21(30)17-24(25)31)27(20-9-4-2-5-10-20)26-13-8-16-34(26)28(23)36(33-19)22-11-6-3-7-12-22/h2-17,27H,18H2,1H3,(H,32,37)/t27-/m0/s1. The van der Waals surface area contributed by atoms with E-state index in [-0.39, 0.29) is 12.2 Å². The second kappa shape index (κ2) is 9.05. The van der Waals surface area contributed by atoms with Crippen LogP contribution in [0.3, 0.4) is 0 Å². The van der Waals surface area contributed by atoms with Gasteiger partial charge in [-0.15, -0.1) is 0 Å². The van der Waals surface area contributed by atoms with Crippen LogP contribution >= 0.6 is 0 Å². The lowest BCUT2D eigenvalue weighted by molar-refractivity contribution is 0.194. The molecule has 0 bridgehead atoms. The Balaban J connectivity index is 1.53. The van der Waals surface area contributed by atoms with Gasteiger partial charge in [0.25, 0.3) is 0 Å². The summed E-state index contributed by atoms with van der Waals surface area (Å²) in [5.41, 5.74) is 4.22. The van der Waals surface area contributed by atoms with Crippen molar-refractivity contribution in [2.45, 2.75) is 19.5 Å². The quantitative estimate of drug-likeness (QED) is 0.316. The van der Waals surface area contributed by atoms with Gasteiger partial charge in [0.2, 0.25) is 0 Å². The Labute approximate surface area is 212 Å². The monoisotopic (exact) mass is 495 g/mol. The summed E-state index contributed by atoms with van der Waals surface area (Å²) >= 11 is 0. The average molecular weight is 496 g/mol. The van der Waals surface area contributed by atoms with Crippen LogP contribution in [0.4, 0.5) is 19.3 Å². The highest BCUT2D eigenvalue weighted by atomic mass is 19.1. The Morgan fingerprint density at radius 3 is 2.41 bits per heavy atom. The minimum absolute atomic E-state index is 0.0882. The van der Waals surface area contributed by atoms with E-state index in [1.54, 1.807) is 4.90 Å². The van der Waals surface area contributed by atoms with Gasteiger partial charge in [-0.1, -0.05) is 48.5 Å². The van der Waals surface area contributed by atoms with Gasteiger partial charge in [0.15, 0.2) is 0 Å². The fourth-order valence-electron chi connectivity index (χ4n) is 4.91. The van der Waals surface area contributed by atoms with E-state index in [0.717, 1.165) is 46.2 Å². The number of fused-ring (bicyclic) bond motifs is 3. The number of amides is 2. The average Bonchev–Trinajstić information content (AvgIpc) is 3.47. The van der Waals surface area contributed by atoms with Crippen LogP contribution in [0, 0.1) is 18.6 Å². The molecule has 8 heteroatoms. The number of urea groups is 1. The van der Waals surface area contributed by atoms with E-state index < -0.39 is 23.7 Å². The van der Waals surface area contributed by atoms with Crippen molar-refractivity contribution in [3.63, 3.8) is 0 Å². The van der Waals surface area contributed by atoms with Gasteiger partial charge in [-0.3, -0.25) is 0 Å². The van der Waals surface area contributed by atoms with Crippen molar-refractivity contribution in [3.8, 4) is 11.5 Å². The molecule has 6 rings (SSSR count). The van der Waals surface area contributed by atoms with Crippen LogP contribution in [0.15, 0.2) is 97.2 Å². The predicted molar refractivity (Wildman–Crippen MR) is 137 cm³/mol. The third-order valence-electron chi connectivity index (χ3n) is 6.64. The molecule has 0 unspecified atom stereocenters. The topological polar surface area (TPSA) is 55.1 Å². The zero-order valence-electron chi connectivity index (χ0n) is 20.0. The van der Waals surface area contributed by atoms with Crippen LogP contribution in [0.5, 0.6) is 0 Å². The summed E-state index contributed by atoms with van der Waals surface area (Å²) in [7, 11) is 0. The first-order valence-electron chi connectivity index (χ1n) is 11.9. The van der Waals surface area contributed by atoms with Gasteiger partial charge >= 0.3 is 6.03 Å². The molecule has 37 heavy (non-hydrogen) atoms. The maximum absolute atomic E-state index is 14.5. The predicted octanol–water partition coefficient (Wildman–Crippen LogP) is 6.39. The molecule has 0 aliphatic carbocycles. The maximum atomic E-state index is 14.5. The summed E-state index contributed by atoms with van der Waals surface area (Å²) < 4.78 is 31.9. The molecular formula is C29H23F2N5O. The molecule has 0 radical (unpaired) electrons. The molecule has 6 nitrogen and oxygen atoms in total. The fraction of sp³-hybridized carbons (Fsp3) is 0.103. The van der Waals surface area contributed by atoms with E-state index in [0.29, 0.717) is 0 Å². The Bertz CT molecular complexity index is 1590. The third-order valence-corrected chi connectivity index (χ3v) is 6.64. The lowest BCUT2D eigenvalue weighted by atomic mass is 10.0. The molecular weight excluding hydrogens is 472 g/mol. The highest BCUT2D eigenvalue weighted by Gasteiger charge is 2.36. The molecule has 184 valence electrons. The summed E-state index contributed by atoms with van der Waals surface area (Å²) in [5, 5.41) is 7.47. The lowest BCUT2D eigenvalue weighted by Crippen LogP contribution is -2.38. The SMILES string of the molecule is Cc1nn(-c2ccccc2)c2c1CN(C(=O)Nc1ccc(F)cc1F)[C@@H](c1ccccc1)c1cccn1-2. The number of aryl methyl sites for hydroxylation is 1. The van der Waals surface area contributed by atoms with Crippen LogP contribution in [-0.2, 0) is 6.54 Å². The Morgan fingerprint density at radius 1 is 0.946 bits per heavy atom. The van der Waals surface area contributed by atoms with E-state index in [1.165, 1.54) is 6.07 Å². The van der Waals surface area contributed by atoms with Crippen molar-refractivity contribution in [2.24, 2.45) is 0 Å².